The number of hydrogen-bond acceptors (Lipinski definition) is 2. The van der Waals surface area contributed by atoms with Gasteiger partial charge in [0.25, 0.3) is 0 Å². The van der Waals surface area contributed by atoms with Crippen LogP contribution >= 0.6 is 0 Å². The van der Waals surface area contributed by atoms with E-state index < -0.39 is 0 Å². The van der Waals surface area contributed by atoms with E-state index in [9.17, 15) is 5.11 Å². The third-order valence-corrected chi connectivity index (χ3v) is 5.70. The standard InChI is InChI=1S/C24H33NO/c26-24-16-14-23(15-17-24)22(12-7-11-21-9-3-1-4-10-21)13-8-20-25-18-5-2-6-19-25/h1,3-4,9-10,14-17,22,26H,2,5-8,11-13,18-20H2. The Kier molecular flexibility index (Phi) is 7.57. The van der Waals surface area contributed by atoms with Crippen molar-refractivity contribution < 1.29 is 5.11 Å². The summed E-state index contributed by atoms with van der Waals surface area (Å²) in [6.45, 7) is 3.82. The van der Waals surface area contributed by atoms with E-state index >= 15 is 0 Å². The monoisotopic (exact) mass is 351 g/mol. The normalized spacial score (nSPS) is 16.5. The molecule has 0 bridgehead atoms. The van der Waals surface area contributed by atoms with Crippen molar-refractivity contribution in [2.75, 3.05) is 19.6 Å². The molecule has 1 saturated heterocycles. The summed E-state index contributed by atoms with van der Waals surface area (Å²) in [5.74, 6) is 0.967. The van der Waals surface area contributed by atoms with Crippen LogP contribution in [0.5, 0.6) is 5.75 Å². The smallest absolute Gasteiger partial charge is 0.115 e. The number of aromatic hydroxyl groups is 1. The SMILES string of the molecule is Oc1ccc(C(CCCc2ccccc2)CCCN2CCCCC2)cc1. The van der Waals surface area contributed by atoms with E-state index in [1.165, 1.54) is 75.7 Å². The van der Waals surface area contributed by atoms with Crippen LogP contribution in [0, 0.1) is 0 Å². The third kappa shape index (κ3) is 6.17. The van der Waals surface area contributed by atoms with Crippen LogP contribution in [0.15, 0.2) is 54.6 Å². The molecule has 1 aliphatic heterocycles. The van der Waals surface area contributed by atoms with Gasteiger partial charge in [0.05, 0.1) is 0 Å². The zero-order chi connectivity index (χ0) is 18.0. The summed E-state index contributed by atoms with van der Waals surface area (Å²) in [7, 11) is 0. The second-order valence-corrected chi connectivity index (χ2v) is 7.71. The summed E-state index contributed by atoms with van der Waals surface area (Å²) < 4.78 is 0. The topological polar surface area (TPSA) is 23.5 Å². The molecule has 1 aliphatic rings. The molecule has 1 fully saturated rings. The molecule has 2 aromatic carbocycles. The molecule has 140 valence electrons. The molecular weight excluding hydrogens is 318 g/mol. The number of likely N-dealkylation sites (tertiary alicyclic amines) is 1. The number of phenolic OH excluding ortho intramolecular Hbond substituents is 1. The number of phenols is 1. The Labute approximate surface area is 158 Å². The number of benzene rings is 2. The van der Waals surface area contributed by atoms with E-state index in [-0.39, 0.29) is 0 Å². The van der Waals surface area contributed by atoms with Crippen molar-refractivity contribution in [3.8, 4) is 5.75 Å². The van der Waals surface area contributed by atoms with Crippen LogP contribution < -0.4 is 0 Å². The molecule has 0 amide bonds. The zero-order valence-electron chi connectivity index (χ0n) is 15.9. The first-order valence-corrected chi connectivity index (χ1v) is 10.4. The van der Waals surface area contributed by atoms with Crippen LogP contribution in [-0.4, -0.2) is 29.6 Å². The van der Waals surface area contributed by atoms with Crippen LogP contribution in [0.3, 0.4) is 0 Å². The Balaban J connectivity index is 1.51. The van der Waals surface area contributed by atoms with Gasteiger partial charge in [0.1, 0.15) is 5.75 Å². The molecule has 0 spiro atoms. The Morgan fingerprint density at radius 2 is 1.50 bits per heavy atom. The summed E-state index contributed by atoms with van der Waals surface area (Å²) in [4.78, 5) is 2.64. The van der Waals surface area contributed by atoms with Gasteiger partial charge in [-0.1, -0.05) is 48.9 Å². The first-order chi connectivity index (χ1) is 12.8. The van der Waals surface area contributed by atoms with E-state index in [4.69, 9.17) is 0 Å². The maximum absolute atomic E-state index is 9.60. The van der Waals surface area contributed by atoms with Gasteiger partial charge in [0.2, 0.25) is 0 Å². The summed E-state index contributed by atoms with van der Waals surface area (Å²) >= 11 is 0. The first-order valence-electron chi connectivity index (χ1n) is 10.4. The molecule has 2 aromatic rings. The minimum Gasteiger partial charge on any atom is -0.508 e. The lowest BCUT2D eigenvalue weighted by Gasteiger charge is -2.27. The lowest BCUT2D eigenvalue weighted by molar-refractivity contribution is 0.222. The van der Waals surface area contributed by atoms with Crippen molar-refractivity contribution >= 4 is 0 Å². The lowest BCUT2D eigenvalue weighted by Crippen LogP contribution is -2.30. The molecule has 0 aromatic heterocycles. The second-order valence-electron chi connectivity index (χ2n) is 7.71. The van der Waals surface area contributed by atoms with Crippen LogP contribution in [0.2, 0.25) is 0 Å². The van der Waals surface area contributed by atoms with Gasteiger partial charge in [-0.25, -0.2) is 0 Å². The summed E-state index contributed by atoms with van der Waals surface area (Å²) in [5.41, 5.74) is 2.82. The molecule has 26 heavy (non-hydrogen) atoms. The molecule has 1 heterocycles. The Hall–Kier alpha value is -1.80. The molecule has 1 N–H and O–H groups in total. The molecular formula is C24H33NO. The number of piperidine rings is 1. The average Bonchev–Trinajstić information content (AvgIpc) is 2.69. The predicted octanol–water partition coefficient (Wildman–Crippen LogP) is 5.76. The number of nitrogens with zero attached hydrogens (tertiary/aromatic N) is 1. The summed E-state index contributed by atoms with van der Waals surface area (Å²) in [5, 5.41) is 9.60. The van der Waals surface area contributed by atoms with Gasteiger partial charge in [-0.15, -0.1) is 0 Å². The zero-order valence-corrected chi connectivity index (χ0v) is 15.9. The average molecular weight is 352 g/mol. The van der Waals surface area contributed by atoms with E-state index in [0.29, 0.717) is 11.7 Å². The van der Waals surface area contributed by atoms with Gasteiger partial charge in [-0.2, -0.15) is 0 Å². The highest BCUT2D eigenvalue weighted by Crippen LogP contribution is 2.29. The lowest BCUT2D eigenvalue weighted by atomic mass is 9.88. The highest BCUT2D eigenvalue weighted by atomic mass is 16.3. The molecule has 0 radical (unpaired) electrons. The summed E-state index contributed by atoms with van der Waals surface area (Å²) in [6, 6.07) is 18.7. The van der Waals surface area contributed by atoms with Crippen molar-refractivity contribution in [3.63, 3.8) is 0 Å². The molecule has 1 unspecified atom stereocenters. The van der Waals surface area contributed by atoms with Crippen molar-refractivity contribution in [1.82, 2.24) is 4.90 Å². The predicted molar refractivity (Wildman–Crippen MR) is 110 cm³/mol. The van der Waals surface area contributed by atoms with E-state index in [2.05, 4.69) is 47.4 Å². The third-order valence-electron chi connectivity index (χ3n) is 5.70. The summed E-state index contributed by atoms with van der Waals surface area (Å²) in [6.07, 6.45) is 10.3. The second kappa shape index (κ2) is 10.4. The van der Waals surface area contributed by atoms with Crippen molar-refractivity contribution in [2.24, 2.45) is 0 Å². The van der Waals surface area contributed by atoms with Gasteiger partial charge < -0.3 is 10.0 Å². The van der Waals surface area contributed by atoms with Gasteiger partial charge in [-0.3, -0.25) is 0 Å². The molecule has 2 heteroatoms. The molecule has 0 aliphatic carbocycles. The van der Waals surface area contributed by atoms with Crippen molar-refractivity contribution in [1.29, 1.82) is 0 Å². The molecule has 2 nitrogen and oxygen atoms in total. The van der Waals surface area contributed by atoms with Crippen molar-refractivity contribution in [2.45, 2.75) is 57.3 Å². The molecule has 1 atom stereocenters. The molecule has 3 rings (SSSR count). The van der Waals surface area contributed by atoms with Gasteiger partial charge in [0, 0.05) is 0 Å². The van der Waals surface area contributed by atoms with Crippen molar-refractivity contribution in [3.05, 3.63) is 65.7 Å². The Morgan fingerprint density at radius 3 is 2.23 bits per heavy atom. The van der Waals surface area contributed by atoms with Gasteiger partial charge in [-0.05, 0) is 93.8 Å². The fourth-order valence-electron chi connectivity index (χ4n) is 4.17. The maximum Gasteiger partial charge on any atom is 0.115 e. The minimum atomic E-state index is 0.366. The minimum absolute atomic E-state index is 0.366. The van der Waals surface area contributed by atoms with E-state index in [1.807, 2.05) is 12.1 Å². The van der Waals surface area contributed by atoms with Crippen LogP contribution in [0.1, 0.15) is 62.0 Å². The van der Waals surface area contributed by atoms with Crippen LogP contribution in [-0.2, 0) is 6.42 Å². The van der Waals surface area contributed by atoms with Gasteiger partial charge in [0.15, 0.2) is 0 Å². The molecule has 0 saturated carbocycles. The highest BCUT2D eigenvalue weighted by molar-refractivity contribution is 5.28. The maximum atomic E-state index is 9.60. The van der Waals surface area contributed by atoms with E-state index in [1.54, 1.807) is 0 Å². The fraction of sp³-hybridized carbons (Fsp3) is 0.500. The van der Waals surface area contributed by atoms with Crippen LogP contribution in [0.25, 0.3) is 0 Å². The number of rotatable bonds is 9. The Bertz CT molecular complexity index is 616. The number of hydrogen-bond donors (Lipinski definition) is 1. The Morgan fingerprint density at radius 1 is 0.808 bits per heavy atom. The van der Waals surface area contributed by atoms with Gasteiger partial charge >= 0.3 is 0 Å². The number of aryl methyl sites for hydroxylation is 1. The first kappa shape index (κ1) is 19.0. The highest BCUT2D eigenvalue weighted by Gasteiger charge is 2.14. The fourth-order valence-corrected chi connectivity index (χ4v) is 4.17. The van der Waals surface area contributed by atoms with Crippen LogP contribution in [0.4, 0.5) is 0 Å². The van der Waals surface area contributed by atoms with E-state index in [0.717, 1.165) is 6.42 Å². The largest absolute Gasteiger partial charge is 0.508 e. The quantitative estimate of drug-likeness (QED) is 0.620.